The molecule has 0 aromatic heterocycles. The van der Waals surface area contributed by atoms with E-state index in [0.29, 0.717) is 6.42 Å². The fraction of sp³-hybridized carbons (Fsp3) is 0.625. The summed E-state index contributed by atoms with van der Waals surface area (Å²) in [6.07, 6.45) is -1.20. The molecule has 0 radical (unpaired) electrons. The van der Waals surface area contributed by atoms with E-state index in [9.17, 15) is 21.6 Å². The summed E-state index contributed by atoms with van der Waals surface area (Å²) in [7, 11) is -3.84. The molecule has 0 aliphatic heterocycles. The van der Waals surface area contributed by atoms with Crippen LogP contribution in [0.5, 0.6) is 5.75 Å². The van der Waals surface area contributed by atoms with Crippen LogP contribution in [0.4, 0.5) is 13.2 Å². The summed E-state index contributed by atoms with van der Waals surface area (Å²) >= 11 is 0. The zero-order valence-corrected chi connectivity index (χ0v) is 14.7. The van der Waals surface area contributed by atoms with Gasteiger partial charge < -0.3 is 4.74 Å². The van der Waals surface area contributed by atoms with Crippen molar-refractivity contribution < 1.29 is 26.3 Å². The van der Waals surface area contributed by atoms with Gasteiger partial charge in [0.05, 0.1) is 4.90 Å². The number of benzene rings is 1. The molecule has 2 rings (SSSR count). The predicted molar refractivity (Wildman–Crippen MR) is 84.1 cm³/mol. The standard InChI is InChI=1S/C16H22F3NO3S/c1-14(2)10-4-5-11-15(14,3)20-24(21,22)13-8-6-12(7-9-13)23-16(17,18)19/h6-9,20H,4-5,10-11H2,1-3H3. The summed E-state index contributed by atoms with van der Waals surface area (Å²) in [5.41, 5.74) is -0.817. The van der Waals surface area contributed by atoms with E-state index in [4.69, 9.17) is 0 Å². The Labute approximate surface area is 140 Å². The van der Waals surface area contributed by atoms with Crippen molar-refractivity contribution in [1.29, 1.82) is 0 Å². The van der Waals surface area contributed by atoms with Crippen LogP contribution >= 0.6 is 0 Å². The maximum absolute atomic E-state index is 12.6. The molecule has 1 atom stereocenters. The maximum atomic E-state index is 12.6. The molecule has 4 nitrogen and oxygen atoms in total. The highest BCUT2D eigenvalue weighted by molar-refractivity contribution is 7.89. The van der Waals surface area contributed by atoms with Gasteiger partial charge in [-0.05, 0) is 49.4 Å². The molecule has 0 spiro atoms. The van der Waals surface area contributed by atoms with Gasteiger partial charge in [0.2, 0.25) is 10.0 Å². The van der Waals surface area contributed by atoms with Crippen LogP contribution in [-0.4, -0.2) is 20.3 Å². The molecule has 1 aromatic carbocycles. The number of ether oxygens (including phenoxy) is 1. The Kier molecular flexibility index (Phi) is 4.94. The lowest BCUT2D eigenvalue weighted by atomic mass is 9.65. The molecule has 1 N–H and O–H groups in total. The van der Waals surface area contributed by atoms with Crippen LogP contribution in [0.2, 0.25) is 0 Å². The first-order valence-electron chi connectivity index (χ1n) is 7.75. The highest BCUT2D eigenvalue weighted by Crippen LogP contribution is 2.44. The fourth-order valence-corrected chi connectivity index (χ4v) is 4.61. The largest absolute Gasteiger partial charge is 0.573 e. The molecule has 0 saturated heterocycles. The molecule has 1 saturated carbocycles. The summed E-state index contributed by atoms with van der Waals surface area (Å²) in [5.74, 6) is -0.453. The Morgan fingerprint density at radius 3 is 2.08 bits per heavy atom. The molecular formula is C16H22F3NO3S. The van der Waals surface area contributed by atoms with Gasteiger partial charge in [-0.25, -0.2) is 13.1 Å². The van der Waals surface area contributed by atoms with Crippen LogP contribution < -0.4 is 9.46 Å². The third kappa shape index (κ3) is 4.22. The van der Waals surface area contributed by atoms with Crippen molar-refractivity contribution in [3.05, 3.63) is 24.3 Å². The summed E-state index contributed by atoms with van der Waals surface area (Å²) in [6, 6.07) is 4.22. The van der Waals surface area contributed by atoms with Crippen molar-refractivity contribution in [3.8, 4) is 5.75 Å². The molecular weight excluding hydrogens is 343 g/mol. The van der Waals surface area contributed by atoms with E-state index in [-0.39, 0.29) is 10.3 Å². The van der Waals surface area contributed by atoms with Gasteiger partial charge in [-0.1, -0.05) is 26.7 Å². The van der Waals surface area contributed by atoms with Crippen LogP contribution in [-0.2, 0) is 10.0 Å². The van der Waals surface area contributed by atoms with Crippen molar-refractivity contribution in [1.82, 2.24) is 4.72 Å². The second-order valence-electron chi connectivity index (χ2n) is 7.05. The third-order valence-corrected chi connectivity index (χ3v) is 6.56. The molecule has 1 aliphatic carbocycles. The highest BCUT2D eigenvalue weighted by Gasteiger charge is 2.45. The molecule has 1 aliphatic rings. The molecule has 0 bridgehead atoms. The lowest BCUT2D eigenvalue weighted by Gasteiger charge is -2.48. The van der Waals surface area contributed by atoms with Crippen LogP contribution in [0.3, 0.4) is 0 Å². The second kappa shape index (κ2) is 6.22. The summed E-state index contributed by atoms with van der Waals surface area (Å²) in [4.78, 5) is -0.0837. The number of sulfonamides is 1. The van der Waals surface area contributed by atoms with E-state index in [0.717, 1.165) is 43.5 Å². The highest BCUT2D eigenvalue weighted by atomic mass is 32.2. The zero-order valence-electron chi connectivity index (χ0n) is 13.9. The first-order chi connectivity index (χ1) is 10.8. The Hall–Kier alpha value is -1.28. The number of hydrogen-bond acceptors (Lipinski definition) is 3. The number of halogens is 3. The number of alkyl halides is 3. The summed E-state index contributed by atoms with van der Waals surface area (Å²) < 4.78 is 68.2. The number of rotatable bonds is 4. The van der Waals surface area contributed by atoms with Gasteiger partial charge >= 0.3 is 6.36 Å². The van der Waals surface area contributed by atoms with Crippen molar-refractivity contribution in [2.45, 2.75) is 63.3 Å². The van der Waals surface area contributed by atoms with E-state index >= 15 is 0 Å². The van der Waals surface area contributed by atoms with E-state index in [1.54, 1.807) is 0 Å². The van der Waals surface area contributed by atoms with Gasteiger partial charge in [-0.2, -0.15) is 0 Å². The van der Waals surface area contributed by atoms with Crippen molar-refractivity contribution in [2.75, 3.05) is 0 Å². The van der Waals surface area contributed by atoms with Crippen molar-refractivity contribution in [3.63, 3.8) is 0 Å². The van der Waals surface area contributed by atoms with Crippen LogP contribution in [0.1, 0.15) is 46.5 Å². The Balaban J connectivity index is 2.21. The van der Waals surface area contributed by atoms with Crippen LogP contribution in [0.15, 0.2) is 29.2 Å². The van der Waals surface area contributed by atoms with Gasteiger partial charge in [0, 0.05) is 5.54 Å². The van der Waals surface area contributed by atoms with E-state index in [1.165, 1.54) is 0 Å². The van der Waals surface area contributed by atoms with E-state index in [2.05, 4.69) is 9.46 Å². The Bertz CT molecular complexity index is 684. The first kappa shape index (κ1) is 19.1. The van der Waals surface area contributed by atoms with Crippen LogP contribution in [0, 0.1) is 5.41 Å². The molecule has 136 valence electrons. The smallest absolute Gasteiger partial charge is 0.406 e. The average molecular weight is 365 g/mol. The molecule has 24 heavy (non-hydrogen) atoms. The minimum atomic E-state index is -4.81. The predicted octanol–water partition coefficient (Wildman–Crippen LogP) is 4.22. The monoisotopic (exact) mass is 365 g/mol. The minimum Gasteiger partial charge on any atom is -0.406 e. The quantitative estimate of drug-likeness (QED) is 0.869. The minimum absolute atomic E-state index is 0.0837. The van der Waals surface area contributed by atoms with Gasteiger partial charge in [0.25, 0.3) is 0 Å². The molecule has 0 amide bonds. The van der Waals surface area contributed by atoms with Gasteiger partial charge in [-0.3, -0.25) is 0 Å². The third-order valence-electron chi connectivity index (χ3n) is 4.95. The Morgan fingerprint density at radius 1 is 1.04 bits per heavy atom. The topological polar surface area (TPSA) is 55.4 Å². The summed E-state index contributed by atoms with van der Waals surface area (Å²) in [5, 5.41) is 0. The van der Waals surface area contributed by atoms with Crippen LogP contribution in [0.25, 0.3) is 0 Å². The molecule has 0 heterocycles. The van der Waals surface area contributed by atoms with Gasteiger partial charge in [0.15, 0.2) is 0 Å². The average Bonchev–Trinajstić information content (AvgIpc) is 2.40. The van der Waals surface area contributed by atoms with E-state index in [1.807, 2.05) is 20.8 Å². The zero-order chi connectivity index (χ0) is 18.2. The van der Waals surface area contributed by atoms with Crippen molar-refractivity contribution >= 4 is 10.0 Å². The van der Waals surface area contributed by atoms with Crippen molar-refractivity contribution in [2.24, 2.45) is 5.41 Å². The molecule has 1 unspecified atom stereocenters. The Morgan fingerprint density at radius 2 is 1.58 bits per heavy atom. The SMILES string of the molecule is CC1(C)CCCCC1(C)NS(=O)(=O)c1ccc(OC(F)(F)F)cc1. The first-order valence-corrected chi connectivity index (χ1v) is 9.23. The number of nitrogens with one attached hydrogen (secondary N) is 1. The normalized spacial score (nSPS) is 24.6. The molecule has 8 heteroatoms. The maximum Gasteiger partial charge on any atom is 0.573 e. The second-order valence-corrected chi connectivity index (χ2v) is 8.73. The van der Waals surface area contributed by atoms with Gasteiger partial charge in [-0.15, -0.1) is 13.2 Å². The summed E-state index contributed by atoms with van der Waals surface area (Å²) in [6.45, 7) is 5.93. The lowest BCUT2D eigenvalue weighted by Crippen LogP contribution is -2.57. The molecule has 1 aromatic rings. The van der Waals surface area contributed by atoms with Gasteiger partial charge in [0.1, 0.15) is 5.75 Å². The molecule has 1 fully saturated rings. The number of hydrogen-bond donors (Lipinski definition) is 1. The van der Waals surface area contributed by atoms with E-state index < -0.39 is 27.7 Å². The fourth-order valence-electron chi connectivity index (χ4n) is 3.02. The lowest BCUT2D eigenvalue weighted by molar-refractivity contribution is -0.274.